The molecular weight excluding hydrogens is 336 g/mol. The molecule has 0 atom stereocenters. The summed E-state index contributed by atoms with van der Waals surface area (Å²) in [5.41, 5.74) is 1.58. The Balaban J connectivity index is 1.92. The minimum Gasteiger partial charge on any atom is -0.444 e. The molecule has 2 N–H and O–H groups in total. The minimum absolute atomic E-state index is 0.481. The number of carbonyl (C=O) groups excluding carboxylic acids is 1. The molecule has 1 amide bonds. The first kappa shape index (κ1) is 19.3. The van der Waals surface area contributed by atoms with E-state index in [4.69, 9.17) is 4.74 Å². The van der Waals surface area contributed by atoms with Crippen LogP contribution in [0.2, 0.25) is 0 Å². The lowest BCUT2D eigenvalue weighted by molar-refractivity contribution is 0.0634. The normalized spacial score (nSPS) is 11.4. The van der Waals surface area contributed by atoms with Gasteiger partial charge in [0.25, 0.3) is 0 Å². The summed E-state index contributed by atoms with van der Waals surface area (Å²) in [6, 6.07) is 8.45. The SMILES string of the molecule is CSc1ccc(CNCc2cnn(C)c2NC(=O)OC(C)(C)C)cc1. The summed E-state index contributed by atoms with van der Waals surface area (Å²) in [6.07, 6.45) is 3.33. The molecule has 136 valence electrons. The fourth-order valence-electron chi connectivity index (χ4n) is 2.26. The van der Waals surface area contributed by atoms with Crippen molar-refractivity contribution in [2.24, 2.45) is 7.05 Å². The summed E-state index contributed by atoms with van der Waals surface area (Å²) in [5.74, 6) is 0.638. The minimum atomic E-state index is -0.538. The number of hydrogen-bond donors (Lipinski definition) is 2. The van der Waals surface area contributed by atoms with Crippen molar-refractivity contribution in [3.05, 3.63) is 41.6 Å². The van der Waals surface area contributed by atoms with Gasteiger partial charge in [0, 0.05) is 30.6 Å². The predicted molar refractivity (Wildman–Crippen MR) is 102 cm³/mol. The Morgan fingerprint density at radius 2 is 1.92 bits per heavy atom. The number of rotatable bonds is 6. The Hall–Kier alpha value is -1.99. The molecule has 0 saturated heterocycles. The highest BCUT2D eigenvalue weighted by Crippen LogP contribution is 2.17. The summed E-state index contributed by atoms with van der Waals surface area (Å²) >= 11 is 1.73. The molecule has 0 aliphatic rings. The van der Waals surface area contributed by atoms with Gasteiger partial charge < -0.3 is 10.1 Å². The zero-order valence-corrected chi connectivity index (χ0v) is 16.2. The van der Waals surface area contributed by atoms with Crippen LogP contribution in [0.4, 0.5) is 10.6 Å². The summed E-state index contributed by atoms with van der Waals surface area (Å²) in [5, 5.41) is 10.4. The second-order valence-electron chi connectivity index (χ2n) is 6.72. The molecule has 1 aromatic carbocycles. The van der Waals surface area contributed by atoms with Crippen LogP contribution in [0.15, 0.2) is 35.4 Å². The van der Waals surface area contributed by atoms with Gasteiger partial charge in [0.05, 0.1) is 6.20 Å². The average Bonchev–Trinajstić information content (AvgIpc) is 2.87. The molecule has 2 aromatic rings. The van der Waals surface area contributed by atoms with Crippen LogP contribution in [0, 0.1) is 0 Å². The predicted octanol–water partition coefficient (Wildman–Crippen LogP) is 3.78. The quantitative estimate of drug-likeness (QED) is 0.766. The van der Waals surface area contributed by atoms with Gasteiger partial charge in [0.1, 0.15) is 11.4 Å². The number of hydrogen-bond acceptors (Lipinski definition) is 5. The second kappa shape index (κ2) is 8.40. The van der Waals surface area contributed by atoms with Crippen molar-refractivity contribution in [3.63, 3.8) is 0 Å². The van der Waals surface area contributed by atoms with Crippen molar-refractivity contribution >= 4 is 23.7 Å². The van der Waals surface area contributed by atoms with E-state index < -0.39 is 11.7 Å². The monoisotopic (exact) mass is 362 g/mol. The van der Waals surface area contributed by atoms with E-state index in [1.165, 1.54) is 10.5 Å². The molecule has 2 rings (SSSR count). The van der Waals surface area contributed by atoms with Crippen molar-refractivity contribution in [3.8, 4) is 0 Å². The second-order valence-corrected chi connectivity index (χ2v) is 7.60. The summed E-state index contributed by atoms with van der Waals surface area (Å²) in [6.45, 7) is 6.85. The van der Waals surface area contributed by atoms with Gasteiger partial charge in [0.15, 0.2) is 0 Å². The highest BCUT2D eigenvalue weighted by molar-refractivity contribution is 7.98. The van der Waals surface area contributed by atoms with Gasteiger partial charge >= 0.3 is 6.09 Å². The van der Waals surface area contributed by atoms with Gasteiger partial charge in [-0.05, 0) is 44.7 Å². The number of aromatic nitrogens is 2. The molecule has 7 heteroatoms. The Bertz CT molecular complexity index is 705. The maximum absolute atomic E-state index is 12.0. The maximum atomic E-state index is 12.0. The molecule has 0 unspecified atom stereocenters. The molecule has 0 aliphatic heterocycles. The first-order valence-corrected chi connectivity index (χ1v) is 9.35. The smallest absolute Gasteiger partial charge is 0.413 e. The molecule has 0 bridgehead atoms. The van der Waals surface area contributed by atoms with Crippen LogP contribution in [0.1, 0.15) is 31.9 Å². The first-order chi connectivity index (χ1) is 11.8. The fourth-order valence-corrected chi connectivity index (χ4v) is 2.67. The molecule has 0 saturated carbocycles. The highest BCUT2D eigenvalue weighted by Gasteiger charge is 2.18. The van der Waals surface area contributed by atoms with Crippen molar-refractivity contribution in [2.45, 2.75) is 44.4 Å². The van der Waals surface area contributed by atoms with E-state index in [1.807, 2.05) is 20.8 Å². The van der Waals surface area contributed by atoms with Gasteiger partial charge in [-0.3, -0.25) is 10.00 Å². The van der Waals surface area contributed by atoms with Crippen molar-refractivity contribution in [1.82, 2.24) is 15.1 Å². The van der Waals surface area contributed by atoms with E-state index in [0.717, 1.165) is 12.1 Å². The molecule has 6 nitrogen and oxygen atoms in total. The number of anilines is 1. The maximum Gasteiger partial charge on any atom is 0.413 e. The van der Waals surface area contributed by atoms with E-state index in [1.54, 1.807) is 29.7 Å². The van der Waals surface area contributed by atoms with Crippen molar-refractivity contribution in [1.29, 1.82) is 0 Å². The number of benzene rings is 1. The van der Waals surface area contributed by atoms with Crippen molar-refractivity contribution < 1.29 is 9.53 Å². The Morgan fingerprint density at radius 1 is 1.24 bits per heavy atom. The molecule has 1 aromatic heterocycles. The first-order valence-electron chi connectivity index (χ1n) is 8.13. The number of amides is 1. The van der Waals surface area contributed by atoms with E-state index in [9.17, 15) is 4.79 Å². The number of ether oxygens (including phenoxy) is 1. The van der Waals surface area contributed by atoms with Crippen LogP contribution in [0.25, 0.3) is 0 Å². The topological polar surface area (TPSA) is 68.2 Å². The van der Waals surface area contributed by atoms with Crippen LogP contribution in [-0.4, -0.2) is 27.7 Å². The number of nitrogens with zero attached hydrogens (tertiary/aromatic N) is 2. The third-order valence-corrected chi connectivity index (χ3v) is 4.18. The molecule has 0 spiro atoms. The molecule has 0 aliphatic carbocycles. The van der Waals surface area contributed by atoms with Crippen LogP contribution in [0.5, 0.6) is 0 Å². The zero-order valence-electron chi connectivity index (χ0n) is 15.4. The van der Waals surface area contributed by atoms with Crippen LogP contribution in [-0.2, 0) is 24.9 Å². The zero-order chi connectivity index (χ0) is 18.4. The highest BCUT2D eigenvalue weighted by atomic mass is 32.2. The summed E-state index contributed by atoms with van der Waals surface area (Å²) < 4.78 is 6.94. The lowest BCUT2D eigenvalue weighted by atomic mass is 10.2. The number of carbonyl (C=O) groups is 1. The Kier molecular flexibility index (Phi) is 6.50. The van der Waals surface area contributed by atoms with Crippen LogP contribution < -0.4 is 10.6 Å². The molecule has 1 heterocycles. The van der Waals surface area contributed by atoms with Crippen LogP contribution >= 0.6 is 11.8 Å². The van der Waals surface area contributed by atoms with Crippen LogP contribution in [0.3, 0.4) is 0 Å². The van der Waals surface area contributed by atoms with E-state index in [2.05, 4.69) is 46.3 Å². The van der Waals surface area contributed by atoms with Crippen molar-refractivity contribution in [2.75, 3.05) is 11.6 Å². The van der Waals surface area contributed by atoms with Gasteiger partial charge in [0.2, 0.25) is 0 Å². The number of nitrogens with one attached hydrogen (secondary N) is 2. The van der Waals surface area contributed by atoms with Gasteiger partial charge in [-0.1, -0.05) is 12.1 Å². The largest absolute Gasteiger partial charge is 0.444 e. The third-order valence-electron chi connectivity index (χ3n) is 3.44. The standard InChI is InChI=1S/C18H26N4O2S/c1-18(2,3)24-17(23)21-16-14(12-20-22(16)4)11-19-10-13-6-8-15(25-5)9-7-13/h6-9,12,19H,10-11H2,1-5H3,(H,21,23). The van der Waals surface area contributed by atoms with Gasteiger partial charge in [-0.2, -0.15) is 5.10 Å². The lowest BCUT2D eigenvalue weighted by Gasteiger charge is -2.20. The van der Waals surface area contributed by atoms with E-state index in [-0.39, 0.29) is 0 Å². The molecule has 25 heavy (non-hydrogen) atoms. The Morgan fingerprint density at radius 3 is 2.52 bits per heavy atom. The number of aryl methyl sites for hydroxylation is 1. The van der Waals surface area contributed by atoms with Gasteiger partial charge in [-0.15, -0.1) is 11.8 Å². The third kappa shape index (κ3) is 6.10. The average molecular weight is 362 g/mol. The summed E-state index contributed by atoms with van der Waals surface area (Å²) in [4.78, 5) is 13.2. The van der Waals surface area contributed by atoms with E-state index >= 15 is 0 Å². The van der Waals surface area contributed by atoms with E-state index in [0.29, 0.717) is 12.4 Å². The Labute approximate surface area is 153 Å². The number of thioether (sulfide) groups is 1. The fraction of sp³-hybridized carbons (Fsp3) is 0.444. The summed E-state index contributed by atoms with van der Waals surface area (Å²) in [7, 11) is 1.79. The molecule has 0 fully saturated rings. The van der Waals surface area contributed by atoms with Gasteiger partial charge in [-0.25, -0.2) is 4.79 Å². The molecular formula is C18H26N4O2S. The molecule has 0 radical (unpaired) electrons. The lowest BCUT2D eigenvalue weighted by Crippen LogP contribution is -2.28.